The van der Waals surface area contributed by atoms with Gasteiger partial charge >= 0.3 is 12.4 Å². The van der Waals surface area contributed by atoms with Crippen molar-refractivity contribution in [3.05, 3.63) is 178 Å². The van der Waals surface area contributed by atoms with Crippen molar-refractivity contribution >= 4 is 35.2 Å². The molecule has 0 unspecified atom stereocenters. The van der Waals surface area contributed by atoms with Crippen LogP contribution in [0.3, 0.4) is 0 Å². The Hall–Kier alpha value is -7.87. The summed E-state index contributed by atoms with van der Waals surface area (Å²) in [5, 5.41) is 17.2. The van der Waals surface area contributed by atoms with Crippen molar-refractivity contribution in [3.8, 4) is 22.6 Å². The predicted molar refractivity (Wildman–Crippen MR) is 230 cm³/mol. The third-order valence-corrected chi connectivity index (χ3v) is 9.55. The lowest BCUT2D eigenvalue weighted by Gasteiger charge is -2.09. The number of rotatable bonds is 13. The Balaban J connectivity index is 0.000000222. The van der Waals surface area contributed by atoms with E-state index in [0.29, 0.717) is 16.9 Å². The number of hydrogen-bond donors (Lipinski definition) is 4. The van der Waals surface area contributed by atoms with E-state index in [4.69, 9.17) is 11.6 Å². The molecule has 0 bridgehead atoms. The highest BCUT2D eigenvalue weighted by molar-refractivity contribution is 6.29. The third kappa shape index (κ3) is 12.4. The average molecular weight is 931 g/mol. The summed E-state index contributed by atoms with van der Waals surface area (Å²) in [5.74, 6) is -2.77. The molecule has 0 fully saturated rings. The highest BCUT2D eigenvalue weighted by Crippen LogP contribution is 2.32. The van der Waals surface area contributed by atoms with Gasteiger partial charge in [-0.1, -0.05) is 72.3 Å². The van der Waals surface area contributed by atoms with Crippen molar-refractivity contribution in [2.45, 2.75) is 19.3 Å². The number of hydrogen-bond acceptors (Lipinski definition) is 8. The molecule has 14 nitrogen and oxygen atoms in total. The zero-order valence-electron chi connectivity index (χ0n) is 34.5. The predicted octanol–water partition coefficient (Wildman–Crippen LogP) is 7.52. The van der Waals surface area contributed by atoms with E-state index in [9.17, 15) is 45.5 Å². The van der Waals surface area contributed by atoms with Gasteiger partial charge in [0.25, 0.3) is 23.6 Å². The number of alkyl halides is 6. The lowest BCUT2D eigenvalue weighted by atomic mass is 10.0. The fourth-order valence-corrected chi connectivity index (χ4v) is 6.19. The molecular formula is C45H37ClF6N10O4. The average Bonchev–Trinajstić information content (AvgIpc) is 3.98. The lowest BCUT2D eigenvalue weighted by molar-refractivity contribution is -0.142. The van der Waals surface area contributed by atoms with Gasteiger partial charge in [0, 0.05) is 56.5 Å². The Morgan fingerprint density at radius 2 is 0.939 bits per heavy atom. The van der Waals surface area contributed by atoms with E-state index < -0.39 is 58.5 Å². The van der Waals surface area contributed by atoms with Crippen LogP contribution in [0.5, 0.6) is 0 Å². The van der Waals surface area contributed by atoms with Gasteiger partial charge in [0.2, 0.25) is 0 Å². The fourth-order valence-electron chi connectivity index (χ4n) is 6.08. The molecule has 7 aromatic rings. The molecule has 21 heteroatoms. The van der Waals surface area contributed by atoms with Crippen LogP contribution in [0.4, 0.5) is 26.3 Å². The second kappa shape index (κ2) is 21.2. The summed E-state index contributed by atoms with van der Waals surface area (Å²) in [5.41, 5.74) is 0.301. The molecule has 0 aliphatic carbocycles. The summed E-state index contributed by atoms with van der Waals surface area (Å²) in [6.45, 7) is 1.82. The topological polar surface area (TPSA) is 178 Å². The van der Waals surface area contributed by atoms with Crippen molar-refractivity contribution in [1.82, 2.24) is 50.8 Å². The number of pyridine rings is 2. The van der Waals surface area contributed by atoms with Crippen molar-refractivity contribution < 1.29 is 45.5 Å². The summed E-state index contributed by atoms with van der Waals surface area (Å²) in [6, 6.07) is 30.3. The number of nitrogens with zero attached hydrogens (tertiary/aromatic N) is 6. The number of benzene rings is 3. The molecule has 3 aromatic carbocycles. The van der Waals surface area contributed by atoms with Gasteiger partial charge in [-0.05, 0) is 61.0 Å². The minimum atomic E-state index is -4.81. The first-order valence-electron chi connectivity index (χ1n) is 19.7. The molecule has 4 amide bonds. The standard InChI is InChI=1S/C26H22F3N5O2.C19H15ClF3N5O2/c1-17-7-5-6-10-20(17)22-12-11-18(15-32-22)24(35)30-13-14-31-25(36)21-16-34(19-8-3-2-4-9-19)33-23(21)26(27,28)29;20-15-7-6-12(10-26-15)17(29)24-8-9-25-18(30)14-11-28(13-4-2-1-3-5-13)27-16(14)19(21,22)23/h2-12,15-16H,13-14H2,1H3,(H,30,35)(H,31,36);1-7,10-11H,8-9H2,(H,24,29)(H,25,30). The van der Waals surface area contributed by atoms with E-state index in [-0.39, 0.29) is 36.9 Å². The molecule has 0 radical (unpaired) electrons. The van der Waals surface area contributed by atoms with Crippen LogP contribution in [-0.2, 0) is 12.4 Å². The molecule has 4 aromatic heterocycles. The van der Waals surface area contributed by atoms with Crippen molar-refractivity contribution in [3.63, 3.8) is 0 Å². The number of para-hydroxylation sites is 2. The quantitative estimate of drug-likeness (QED) is 0.0521. The molecule has 0 atom stereocenters. The summed E-state index contributed by atoms with van der Waals surface area (Å²) in [4.78, 5) is 57.2. The van der Waals surface area contributed by atoms with Gasteiger partial charge in [-0.2, -0.15) is 36.5 Å². The number of aryl methyl sites for hydroxylation is 1. The Kier molecular flexibility index (Phi) is 15.3. The molecule has 0 aliphatic rings. The largest absolute Gasteiger partial charge is 0.435 e. The SMILES string of the molecule is Cc1ccccc1-c1ccc(C(=O)NCCNC(=O)c2cn(-c3ccccc3)nc2C(F)(F)F)cn1.O=C(NCCNC(=O)c1cn(-c2ccccc2)nc1C(F)(F)F)c1ccc(Cl)nc1. The van der Waals surface area contributed by atoms with Crippen LogP contribution in [0.2, 0.25) is 5.15 Å². The Labute approximate surface area is 377 Å². The monoisotopic (exact) mass is 930 g/mol. The summed E-state index contributed by atoms with van der Waals surface area (Å²) >= 11 is 5.64. The zero-order chi connectivity index (χ0) is 47.4. The number of carbonyl (C=O) groups is 4. The van der Waals surface area contributed by atoms with Gasteiger partial charge in [-0.15, -0.1) is 0 Å². The van der Waals surface area contributed by atoms with Gasteiger partial charge in [0.05, 0.1) is 39.3 Å². The molecule has 0 saturated heterocycles. The van der Waals surface area contributed by atoms with Crippen LogP contribution in [-0.4, -0.2) is 79.3 Å². The number of amides is 4. The van der Waals surface area contributed by atoms with Crippen LogP contribution in [0, 0.1) is 6.92 Å². The highest BCUT2D eigenvalue weighted by atomic mass is 35.5. The van der Waals surface area contributed by atoms with Crippen LogP contribution < -0.4 is 21.3 Å². The molecule has 340 valence electrons. The molecule has 0 spiro atoms. The second-order valence-electron chi connectivity index (χ2n) is 14.0. The first kappa shape index (κ1) is 47.6. The first-order chi connectivity index (χ1) is 31.5. The zero-order valence-corrected chi connectivity index (χ0v) is 35.2. The van der Waals surface area contributed by atoms with E-state index in [2.05, 4.69) is 41.4 Å². The minimum absolute atomic E-state index is 0.00136. The highest BCUT2D eigenvalue weighted by Gasteiger charge is 2.40. The summed E-state index contributed by atoms with van der Waals surface area (Å²) in [7, 11) is 0. The van der Waals surface area contributed by atoms with E-state index in [1.54, 1.807) is 72.8 Å². The minimum Gasteiger partial charge on any atom is -0.350 e. The van der Waals surface area contributed by atoms with Crippen LogP contribution >= 0.6 is 11.6 Å². The summed E-state index contributed by atoms with van der Waals surface area (Å²) in [6.07, 6.45) is -4.83. The third-order valence-electron chi connectivity index (χ3n) is 9.32. The number of carbonyl (C=O) groups excluding carboxylic acids is 4. The molecule has 66 heavy (non-hydrogen) atoms. The van der Waals surface area contributed by atoms with Gasteiger partial charge in [0.15, 0.2) is 11.4 Å². The molecular weight excluding hydrogens is 894 g/mol. The maximum absolute atomic E-state index is 13.5. The van der Waals surface area contributed by atoms with Crippen molar-refractivity contribution in [1.29, 1.82) is 0 Å². The molecule has 0 saturated carbocycles. The smallest absolute Gasteiger partial charge is 0.350 e. The van der Waals surface area contributed by atoms with Gasteiger partial charge in [-0.25, -0.2) is 14.3 Å². The van der Waals surface area contributed by atoms with Crippen LogP contribution in [0.1, 0.15) is 58.4 Å². The molecule has 4 heterocycles. The maximum atomic E-state index is 13.5. The molecule has 7 rings (SSSR count). The first-order valence-corrected chi connectivity index (χ1v) is 20.1. The van der Waals surface area contributed by atoms with E-state index >= 15 is 0 Å². The van der Waals surface area contributed by atoms with Crippen LogP contribution in [0.25, 0.3) is 22.6 Å². The van der Waals surface area contributed by atoms with E-state index in [1.165, 1.54) is 24.5 Å². The number of halogens is 7. The van der Waals surface area contributed by atoms with E-state index in [0.717, 1.165) is 38.6 Å². The fraction of sp³-hybridized carbons (Fsp3) is 0.156. The Bertz CT molecular complexity index is 2780. The molecule has 4 N–H and O–H groups in total. The van der Waals surface area contributed by atoms with Gasteiger partial charge in [0.1, 0.15) is 5.15 Å². The summed E-state index contributed by atoms with van der Waals surface area (Å²) < 4.78 is 82.3. The molecule has 0 aliphatic heterocycles. The van der Waals surface area contributed by atoms with Crippen molar-refractivity contribution in [2.75, 3.05) is 26.2 Å². The lowest BCUT2D eigenvalue weighted by Crippen LogP contribution is -2.35. The maximum Gasteiger partial charge on any atom is 0.435 e. The van der Waals surface area contributed by atoms with Gasteiger partial charge in [-0.3, -0.25) is 24.2 Å². The normalized spacial score (nSPS) is 11.2. The van der Waals surface area contributed by atoms with E-state index in [1.807, 2.05) is 31.2 Å². The second-order valence-corrected chi connectivity index (χ2v) is 14.4. The Morgan fingerprint density at radius 3 is 1.33 bits per heavy atom. The van der Waals surface area contributed by atoms with Crippen LogP contribution in [0.15, 0.2) is 134 Å². The Morgan fingerprint density at radius 1 is 0.530 bits per heavy atom. The van der Waals surface area contributed by atoms with Gasteiger partial charge < -0.3 is 21.3 Å². The van der Waals surface area contributed by atoms with Crippen molar-refractivity contribution in [2.24, 2.45) is 0 Å². The number of aromatic nitrogens is 6. The number of nitrogens with one attached hydrogen (secondary N) is 4.